The van der Waals surface area contributed by atoms with Crippen molar-refractivity contribution in [2.75, 3.05) is 7.11 Å². The van der Waals surface area contributed by atoms with E-state index in [0.29, 0.717) is 0 Å². The number of hydrogen-bond donors (Lipinski definition) is 1. The van der Waals surface area contributed by atoms with Crippen LogP contribution in [0.4, 0.5) is 13.2 Å². The number of hydrogen-bond acceptors (Lipinski definition) is 4. The Kier molecular flexibility index (Phi) is 6.64. The summed E-state index contributed by atoms with van der Waals surface area (Å²) in [7, 11) is 0.795. The molecule has 0 aliphatic rings. The van der Waals surface area contributed by atoms with Gasteiger partial charge in [-0.1, -0.05) is 0 Å². The first-order valence-electron chi connectivity index (χ1n) is 2.83. The molecule has 0 amide bonds. The molecule has 0 aliphatic carbocycles. The molecule has 0 saturated carbocycles. The molecule has 0 rings (SSSR count). The van der Waals surface area contributed by atoms with Crippen LogP contribution in [0, 0.1) is 11.3 Å². The van der Waals surface area contributed by atoms with Gasteiger partial charge in [-0.15, -0.1) is 0 Å². The van der Waals surface area contributed by atoms with E-state index in [-0.39, 0.29) is 31.0 Å². The Bertz CT molecular complexity index is 297. The summed E-state index contributed by atoms with van der Waals surface area (Å²) < 4.78 is 39.0. The predicted molar refractivity (Wildman–Crippen MR) is 34.5 cm³/mol. The number of ether oxygens (including phenoxy) is 1. The van der Waals surface area contributed by atoms with Crippen molar-refractivity contribution in [3.8, 4) is 6.07 Å². The Labute approximate surface area is 101 Å². The van der Waals surface area contributed by atoms with Gasteiger partial charge in [-0.3, -0.25) is 0 Å². The van der Waals surface area contributed by atoms with Crippen LogP contribution in [0.1, 0.15) is 1.43 Å². The van der Waals surface area contributed by atoms with Gasteiger partial charge in [0.25, 0.3) is 0 Å². The second-order valence-corrected chi connectivity index (χ2v) is 1.82. The van der Waals surface area contributed by atoms with Crippen molar-refractivity contribution < 1.29 is 58.8 Å². The maximum absolute atomic E-state index is 11.7. The van der Waals surface area contributed by atoms with E-state index in [1.807, 2.05) is 0 Å². The third-order valence-corrected chi connectivity index (χ3v) is 1.01. The van der Waals surface area contributed by atoms with E-state index in [2.05, 4.69) is 4.74 Å². The van der Waals surface area contributed by atoms with Gasteiger partial charge in [0.15, 0.2) is 5.57 Å². The fourth-order valence-electron chi connectivity index (χ4n) is 0.439. The zero-order valence-electron chi connectivity index (χ0n) is 8.34. The number of methoxy groups -OCH3 is 1. The van der Waals surface area contributed by atoms with Gasteiger partial charge in [0, 0.05) is 0 Å². The molecule has 8 heteroatoms. The third kappa shape index (κ3) is 4.00. The summed E-state index contributed by atoms with van der Waals surface area (Å²) >= 11 is 0. The molecule has 0 atom stereocenters. The van der Waals surface area contributed by atoms with Crippen LogP contribution in [-0.4, -0.2) is 24.4 Å². The molecular weight excluding hydrogens is 214 g/mol. The third-order valence-electron chi connectivity index (χ3n) is 1.01. The summed E-state index contributed by atoms with van der Waals surface area (Å²) in [5.41, 5.74) is -1.46. The number of alkyl halides is 3. The maximum Gasteiger partial charge on any atom is 1.00 e. The van der Waals surface area contributed by atoms with Gasteiger partial charge in [0.1, 0.15) is 6.07 Å². The molecular formula is C6H5F3NNaO3. The molecule has 0 aromatic rings. The molecule has 0 aromatic heterocycles. The molecule has 0 unspecified atom stereocenters. The predicted octanol–water partition coefficient (Wildman–Crippen LogP) is -1.83. The molecule has 14 heavy (non-hydrogen) atoms. The van der Waals surface area contributed by atoms with Gasteiger partial charge in [0.2, 0.25) is 5.76 Å². The molecule has 74 valence electrons. The maximum atomic E-state index is 11.7. The second kappa shape index (κ2) is 5.90. The number of nitriles is 1. The molecule has 0 aromatic carbocycles. The quantitative estimate of drug-likeness (QED) is 0.185. The molecule has 0 saturated heterocycles. The van der Waals surface area contributed by atoms with Crippen molar-refractivity contribution in [1.29, 1.82) is 5.26 Å². The van der Waals surface area contributed by atoms with Crippen LogP contribution in [0.3, 0.4) is 0 Å². The van der Waals surface area contributed by atoms with E-state index < -0.39 is 23.5 Å². The van der Waals surface area contributed by atoms with Gasteiger partial charge >= 0.3 is 41.7 Å². The minimum absolute atomic E-state index is 0. The normalized spacial score (nSPS) is 11.9. The van der Waals surface area contributed by atoms with E-state index in [1.54, 1.807) is 0 Å². The van der Waals surface area contributed by atoms with Crippen LogP contribution in [0.2, 0.25) is 0 Å². The molecule has 0 fully saturated rings. The van der Waals surface area contributed by atoms with Crippen molar-refractivity contribution in [2.45, 2.75) is 6.18 Å². The fourth-order valence-corrected chi connectivity index (χ4v) is 0.439. The monoisotopic (exact) mass is 219 g/mol. The Morgan fingerprint density at radius 3 is 2.21 bits per heavy atom. The zero-order chi connectivity index (χ0) is 10.6. The number of carbonyl (C=O) groups excluding carboxylic acids is 1. The van der Waals surface area contributed by atoms with E-state index in [0.717, 1.165) is 13.2 Å². The van der Waals surface area contributed by atoms with Crippen molar-refractivity contribution in [1.82, 2.24) is 0 Å². The van der Waals surface area contributed by atoms with Crippen LogP contribution in [-0.2, 0) is 9.53 Å². The van der Waals surface area contributed by atoms with Gasteiger partial charge in [-0.2, -0.15) is 18.4 Å². The Morgan fingerprint density at radius 2 is 2.00 bits per heavy atom. The van der Waals surface area contributed by atoms with Crippen LogP contribution in [0.15, 0.2) is 11.3 Å². The minimum atomic E-state index is -5.13. The van der Waals surface area contributed by atoms with E-state index in [4.69, 9.17) is 10.4 Å². The Balaban J connectivity index is -0.000000720. The topological polar surface area (TPSA) is 70.3 Å². The SMILES string of the molecule is COC(=O)C(C#N)=C(O)C(F)(F)F.[H-].[Na+]. The van der Waals surface area contributed by atoms with Gasteiger partial charge in [0.05, 0.1) is 7.11 Å². The molecule has 0 radical (unpaired) electrons. The summed E-state index contributed by atoms with van der Waals surface area (Å²) in [4.78, 5) is 10.5. The first-order chi connectivity index (χ1) is 5.84. The van der Waals surface area contributed by atoms with Crippen LogP contribution in [0.5, 0.6) is 0 Å². The van der Waals surface area contributed by atoms with Crippen molar-refractivity contribution in [2.24, 2.45) is 0 Å². The van der Waals surface area contributed by atoms with Gasteiger partial charge < -0.3 is 11.3 Å². The Hall–Kier alpha value is -0.710. The number of halogens is 3. The molecule has 4 nitrogen and oxygen atoms in total. The van der Waals surface area contributed by atoms with Crippen LogP contribution < -0.4 is 29.6 Å². The molecule has 0 spiro atoms. The van der Waals surface area contributed by atoms with Gasteiger partial charge in [-0.05, 0) is 0 Å². The second-order valence-electron chi connectivity index (χ2n) is 1.82. The van der Waals surface area contributed by atoms with Crippen molar-refractivity contribution in [3.63, 3.8) is 0 Å². The average molecular weight is 219 g/mol. The summed E-state index contributed by atoms with van der Waals surface area (Å²) in [6, 6.07) is 0.894. The van der Waals surface area contributed by atoms with Crippen LogP contribution in [0.25, 0.3) is 0 Å². The number of rotatable bonds is 1. The summed E-state index contributed by atoms with van der Waals surface area (Å²) in [5.74, 6) is -3.78. The number of aliphatic hydroxyl groups is 1. The summed E-state index contributed by atoms with van der Waals surface area (Å²) in [6.07, 6.45) is -5.13. The van der Waals surface area contributed by atoms with E-state index >= 15 is 0 Å². The number of carbonyl (C=O) groups is 1. The summed E-state index contributed by atoms with van der Waals surface area (Å²) in [6.45, 7) is 0. The Morgan fingerprint density at radius 1 is 1.57 bits per heavy atom. The minimum Gasteiger partial charge on any atom is -1.00 e. The van der Waals surface area contributed by atoms with Crippen molar-refractivity contribution >= 4 is 5.97 Å². The largest absolute Gasteiger partial charge is 1.00 e. The standard InChI is InChI=1S/C6H4F3NO3.Na.H/c1-13-5(12)3(2-10)4(11)6(7,8)9;;/h11H,1H3;;/q;+1;-1. The average Bonchev–Trinajstić information content (AvgIpc) is 2.03. The molecule has 0 heterocycles. The fraction of sp³-hybridized carbons (Fsp3) is 0.333. The smallest absolute Gasteiger partial charge is 1.00 e. The number of esters is 1. The molecule has 0 aliphatic heterocycles. The van der Waals surface area contributed by atoms with E-state index in [1.165, 1.54) is 0 Å². The zero-order valence-corrected chi connectivity index (χ0v) is 9.34. The van der Waals surface area contributed by atoms with Gasteiger partial charge in [-0.25, -0.2) is 4.79 Å². The van der Waals surface area contributed by atoms with Crippen molar-refractivity contribution in [3.05, 3.63) is 11.3 Å². The van der Waals surface area contributed by atoms with E-state index in [9.17, 15) is 18.0 Å². The number of aliphatic hydroxyl groups excluding tert-OH is 1. The molecule has 0 bridgehead atoms. The summed E-state index contributed by atoms with van der Waals surface area (Å²) in [5, 5.41) is 16.5. The molecule has 1 N–H and O–H groups in total. The first kappa shape index (κ1) is 15.7. The first-order valence-corrected chi connectivity index (χ1v) is 2.83. The number of nitrogens with zero attached hydrogens (tertiary/aromatic N) is 1. The number of allylic oxidation sites excluding steroid dienone is 1. The van der Waals surface area contributed by atoms with Crippen LogP contribution >= 0.6 is 0 Å².